The summed E-state index contributed by atoms with van der Waals surface area (Å²) in [7, 11) is 0. The van der Waals surface area contributed by atoms with Crippen LogP contribution in [0.25, 0.3) is 0 Å². The number of H-pyrrole nitrogens is 1. The lowest BCUT2D eigenvalue weighted by molar-refractivity contribution is 0.0922. The van der Waals surface area contributed by atoms with Gasteiger partial charge in [-0.1, -0.05) is 13.8 Å². The number of rotatable bonds is 5. The Bertz CT molecular complexity index is 809. The number of aromatic amines is 1. The third kappa shape index (κ3) is 4.06. The van der Waals surface area contributed by atoms with E-state index < -0.39 is 0 Å². The molecule has 0 spiro atoms. The lowest BCUT2D eigenvalue weighted by atomic mass is 10.1. The van der Waals surface area contributed by atoms with Crippen molar-refractivity contribution in [2.45, 2.75) is 52.9 Å². The zero-order chi connectivity index (χ0) is 18.8. The van der Waals surface area contributed by atoms with Crippen LogP contribution in [0.1, 0.15) is 53.4 Å². The van der Waals surface area contributed by atoms with Crippen molar-refractivity contribution in [3.63, 3.8) is 0 Å². The molecule has 0 bridgehead atoms. The van der Waals surface area contributed by atoms with E-state index in [0.717, 1.165) is 56.0 Å². The molecular weight excluding hydrogens is 344 g/mol. The minimum absolute atomic E-state index is 0.178. The second-order valence-corrected chi connectivity index (χ2v) is 7.85. The highest BCUT2D eigenvalue weighted by Crippen LogP contribution is 2.18. The number of ether oxygens (including phenoxy) is 1. The minimum atomic E-state index is -0.178. The molecule has 2 aliphatic heterocycles. The summed E-state index contributed by atoms with van der Waals surface area (Å²) in [6.45, 7) is 10.1. The van der Waals surface area contributed by atoms with E-state index in [1.54, 1.807) is 0 Å². The fourth-order valence-corrected chi connectivity index (χ4v) is 3.90. The first kappa shape index (κ1) is 18.2. The van der Waals surface area contributed by atoms with Crippen LogP contribution in [0.3, 0.4) is 0 Å². The maximum Gasteiger partial charge on any atom is 0.272 e. The number of aryl methyl sites for hydroxylation is 1. The smallest absolute Gasteiger partial charge is 0.272 e. The fourth-order valence-electron chi connectivity index (χ4n) is 3.90. The molecule has 0 radical (unpaired) electrons. The maximum atomic E-state index is 12.5. The number of amides is 1. The molecule has 0 atom stereocenters. The van der Waals surface area contributed by atoms with Crippen LogP contribution in [0.15, 0.2) is 6.07 Å². The van der Waals surface area contributed by atoms with E-state index in [9.17, 15) is 4.79 Å². The first-order valence-electron chi connectivity index (χ1n) is 9.80. The summed E-state index contributed by atoms with van der Waals surface area (Å²) in [6, 6.07) is 2.11. The van der Waals surface area contributed by atoms with Gasteiger partial charge in [0.2, 0.25) is 0 Å². The Morgan fingerprint density at radius 3 is 3.15 bits per heavy atom. The number of fused-ring (bicyclic) bond motifs is 2. The highest BCUT2D eigenvalue weighted by molar-refractivity contribution is 5.93. The number of carbonyl (C=O) groups excluding carboxylic acids is 1. The van der Waals surface area contributed by atoms with Crippen molar-refractivity contribution < 1.29 is 9.53 Å². The average molecular weight is 372 g/mol. The summed E-state index contributed by atoms with van der Waals surface area (Å²) in [5.41, 5.74) is 4.44. The lowest BCUT2D eigenvalue weighted by Gasteiger charge is -2.21. The molecule has 2 aliphatic rings. The second kappa shape index (κ2) is 7.82. The van der Waals surface area contributed by atoms with Gasteiger partial charge >= 0.3 is 0 Å². The Morgan fingerprint density at radius 2 is 2.30 bits per heavy atom. The number of hydrogen-bond acceptors (Lipinski definition) is 5. The first-order valence-corrected chi connectivity index (χ1v) is 9.80. The molecule has 2 N–H and O–H groups in total. The monoisotopic (exact) mass is 372 g/mol. The van der Waals surface area contributed by atoms with E-state index in [0.29, 0.717) is 31.4 Å². The molecule has 0 aliphatic carbocycles. The van der Waals surface area contributed by atoms with Crippen LogP contribution in [-0.2, 0) is 37.4 Å². The molecule has 4 heterocycles. The third-order valence-corrected chi connectivity index (χ3v) is 5.11. The topological polar surface area (TPSA) is 88.1 Å². The molecule has 2 aromatic heterocycles. The van der Waals surface area contributed by atoms with Gasteiger partial charge in [0.1, 0.15) is 0 Å². The molecule has 4 rings (SSSR count). The van der Waals surface area contributed by atoms with Gasteiger partial charge in [-0.05, 0) is 18.4 Å². The molecule has 8 heteroatoms. The highest BCUT2D eigenvalue weighted by Gasteiger charge is 2.23. The molecule has 8 nitrogen and oxygen atoms in total. The largest absolute Gasteiger partial charge is 0.376 e. The quantitative estimate of drug-likeness (QED) is 0.830. The SMILES string of the molecule is CC(C)CN1CCCn2nc(CNC(=O)c3n[nH]c4c3COCC4)cc2C1. The van der Waals surface area contributed by atoms with Crippen molar-refractivity contribution in [2.24, 2.45) is 5.92 Å². The molecule has 0 saturated carbocycles. The maximum absolute atomic E-state index is 12.5. The Morgan fingerprint density at radius 1 is 1.41 bits per heavy atom. The summed E-state index contributed by atoms with van der Waals surface area (Å²) >= 11 is 0. The van der Waals surface area contributed by atoms with Crippen LogP contribution >= 0.6 is 0 Å². The molecule has 146 valence electrons. The van der Waals surface area contributed by atoms with Gasteiger partial charge in [0.25, 0.3) is 5.91 Å². The summed E-state index contributed by atoms with van der Waals surface area (Å²) in [5.74, 6) is 0.476. The van der Waals surface area contributed by atoms with Gasteiger partial charge in [-0.2, -0.15) is 10.2 Å². The molecule has 1 amide bonds. The molecule has 2 aromatic rings. The van der Waals surface area contributed by atoms with E-state index in [-0.39, 0.29) is 5.91 Å². The molecule has 27 heavy (non-hydrogen) atoms. The van der Waals surface area contributed by atoms with Crippen LogP contribution in [-0.4, -0.2) is 50.5 Å². The number of hydrogen-bond donors (Lipinski definition) is 2. The first-order chi connectivity index (χ1) is 13.1. The summed E-state index contributed by atoms with van der Waals surface area (Å²) in [5, 5.41) is 14.8. The van der Waals surface area contributed by atoms with Crippen LogP contribution < -0.4 is 5.32 Å². The van der Waals surface area contributed by atoms with Gasteiger partial charge in [-0.15, -0.1) is 0 Å². The van der Waals surface area contributed by atoms with Gasteiger partial charge in [0.05, 0.1) is 31.1 Å². The zero-order valence-electron chi connectivity index (χ0n) is 16.1. The van der Waals surface area contributed by atoms with Crippen LogP contribution in [0.4, 0.5) is 0 Å². The molecule has 0 aromatic carbocycles. The highest BCUT2D eigenvalue weighted by atomic mass is 16.5. The summed E-state index contributed by atoms with van der Waals surface area (Å²) < 4.78 is 7.54. The van der Waals surface area contributed by atoms with Crippen LogP contribution in [0.2, 0.25) is 0 Å². The van der Waals surface area contributed by atoms with E-state index in [1.165, 1.54) is 5.69 Å². The standard InChI is InChI=1S/C19H28N6O2/c1-13(2)10-24-5-3-6-25-15(11-24)8-14(23-25)9-20-19(26)18-16-12-27-7-4-17(16)21-22-18/h8,13H,3-7,9-12H2,1-2H3,(H,20,26)(H,21,22). The van der Waals surface area contributed by atoms with E-state index in [1.807, 2.05) is 0 Å². The van der Waals surface area contributed by atoms with Crippen molar-refractivity contribution in [1.82, 2.24) is 30.2 Å². The van der Waals surface area contributed by atoms with Gasteiger partial charge in [-0.3, -0.25) is 19.5 Å². The molecular formula is C19H28N6O2. The Kier molecular flexibility index (Phi) is 5.27. The van der Waals surface area contributed by atoms with Crippen LogP contribution in [0.5, 0.6) is 0 Å². The summed E-state index contributed by atoms with van der Waals surface area (Å²) in [6.07, 6.45) is 1.88. The number of aromatic nitrogens is 4. The predicted octanol–water partition coefficient (Wildman–Crippen LogP) is 1.47. The van der Waals surface area contributed by atoms with Crippen LogP contribution in [0, 0.1) is 5.92 Å². The van der Waals surface area contributed by atoms with Crippen molar-refractivity contribution >= 4 is 5.91 Å². The molecule has 0 saturated heterocycles. The van der Waals surface area contributed by atoms with E-state index in [2.05, 4.69) is 50.1 Å². The zero-order valence-corrected chi connectivity index (χ0v) is 16.1. The minimum Gasteiger partial charge on any atom is -0.376 e. The van der Waals surface area contributed by atoms with Gasteiger partial charge in [-0.25, -0.2) is 0 Å². The number of nitrogens with one attached hydrogen (secondary N) is 2. The fraction of sp³-hybridized carbons (Fsp3) is 0.632. The van der Waals surface area contributed by atoms with Crippen molar-refractivity contribution in [3.8, 4) is 0 Å². The second-order valence-electron chi connectivity index (χ2n) is 7.85. The third-order valence-electron chi connectivity index (χ3n) is 5.11. The van der Waals surface area contributed by atoms with Crippen molar-refractivity contribution in [2.75, 3.05) is 19.7 Å². The lowest BCUT2D eigenvalue weighted by Crippen LogP contribution is -2.27. The van der Waals surface area contributed by atoms with Gasteiger partial charge < -0.3 is 10.1 Å². The number of carbonyl (C=O) groups is 1. The Balaban J connectivity index is 1.39. The normalized spacial score (nSPS) is 17.4. The summed E-state index contributed by atoms with van der Waals surface area (Å²) in [4.78, 5) is 15.0. The Labute approximate surface area is 159 Å². The Hall–Kier alpha value is -2.19. The van der Waals surface area contributed by atoms with Gasteiger partial charge in [0, 0.05) is 43.9 Å². The van der Waals surface area contributed by atoms with Gasteiger partial charge in [0.15, 0.2) is 5.69 Å². The predicted molar refractivity (Wildman–Crippen MR) is 100 cm³/mol. The van der Waals surface area contributed by atoms with Crippen molar-refractivity contribution in [3.05, 3.63) is 34.4 Å². The van der Waals surface area contributed by atoms with E-state index >= 15 is 0 Å². The number of nitrogens with zero attached hydrogens (tertiary/aromatic N) is 4. The average Bonchev–Trinajstić information content (AvgIpc) is 3.19. The van der Waals surface area contributed by atoms with Crippen molar-refractivity contribution in [1.29, 1.82) is 0 Å². The van der Waals surface area contributed by atoms with E-state index in [4.69, 9.17) is 4.74 Å². The molecule has 0 fully saturated rings. The molecule has 0 unspecified atom stereocenters.